The highest BCUT2D eigenvalue weighted by Gasteiger charge is 2.10. The molecule has 3 N–H and O–H groups in total. The van der Waals surface area contributed by atoms with Gasteiger partial charge in [-0.2, -0.15) is 0 Å². The number of para-hydroxylation sites is 1. The van der Waals surface area contributed by atoms with Crippen molar-refractivity contribution in [3.63, 3.8) is 0 Å². The van der Waals surface area contributed by atoms with E-state index in [1.807, 2.05) is 42.3 Å². The number of carbonyl (C=O) groups is 1. The number of nitrogen functional groups attached to an aromatic ring is 1. The van der Waals surface area contributed by atoms with E-state index in [0.29, 0.717) is 17.9 Å². The number of nitrogens with zero attached hydrogens (tertiary/aromatic N) is 1. The predicted molar refractivity (Wildman–Crippen MR) is 68.9 cm³/mol. The van der Waals surface area contributed by atoms with Gasteiger partial charge >= 0.3 is 0 Å². The van der Waals surface area contributed by atoms with Crippen LogP contribution in [0, 0.1) is 0 Å². The molecule has 5 heteroatoms. The van der Waals surface area contributed by atoms with Gasteiger partial charge in [-0.05, 0) is 18.2 Å². The molecular weight excluding hydrogens is 230 g/mol. The maximum absolute atomic E-state index is 11.3. The lowest BCUT2D eigenvalue weighted by Crippen LogP contribution is -2.29. The molecule has 2 rings (SSSR count). The van der Waals surface area contributed by atoms with Crippen LogP contribution in [0.4, 0.5) is 5.69 Å². The Hall–Kier alpha value is -2.27. The second-order valence-electron chi connectivity index (χ2n) is 3.97. The third kappa shape index (κ3) is 2.70. The van der Waals surface area contributed by atoms with Crippen molar-refractivity contribution in [1.29, 1.82) is 0 Å². The van der Waals surface area contributed by atoms with Gasteiger partial charge in [-0.15, -0.1) is 0 Å². The second-order valence-corrected chi connectivity index (χ2v) is 3.97. The van der Waals surface area contributed by atoms with Gasteiger partial charge in [0.25, 0.3) is 5.91 Å². The summed E-state index contributed by atoms with van der Waals surface area (Å²) in [6, 6.07) is 11.6. The monoisotopic (exact) mass is 245 g/mol. The average Bonchev–Trinajstić information content (AvgIpc) is 2.87. The predicted octanol–water partition coefficient (Wildman–Crippen LogP) is 1.52. The zero-order chi connectivity index (χ0) is 13.0. The molecule has 18 heavy (non-hydrogen) atoms. The van der Waals surface area contributed by atoms with Gasteiger partial charge in [0.05, 0.1) is 12.1 Å². The van der Waals surface area contributed by atoms with E-state index in [-0.39, 0.29) is 5.91 Å². The Bertz CT molecular complexity index is 522. The SMILES string of the molecule is CN(Cc1cc(C(=O)NN)co1)c1ccccc1. The molecule has 0 bridgehead atoms. The first-order valence-corrected chi connectivity index (χ1v) is 5.55. The summed E-state index contributed by atoms with van der Waals surface area (Å²) < 4.78 is 5.32. The molecule has 94 valence electrons. The molecule has 0 spiro atoms. The third-order valence-corrected chi connectivity index (χ3v) is 2.64. The van der Waals surface area contributed by atoms with Crippen LogP contribution in [0.15, 0.2) is 47.1 Å². The maximum atomic E-state index is 11.3. The van der Waals surface area contributed by atoms with Crippen LogP contribution in [0.2, 0.25) is 0 Å². The van der Waals surface area contributed by atoms with Crippen molar-refractivity contribution in [3.8, 4) is 0 Å². The minimum Gasteiger partial charge on any atom is -0.467 e. The van der Waals surface area contributed by atoms with Crippen LogP contribution < -0.4 is 16.2 Å². The number of rotatable bonds is 4. The van der Waals surface area contributed by atoms with Crippen LogP contribution in [-0.2, 0) is 6.54 Å². The topological polar surface area (TPSA) is 71.5 Å². The first-order valence-electron chi connectivity index (χ1n) is 5.55. The summed E-state index contributed by atoms with van der Waals surface area (Å²) in [5, 5.41) is 0. The average molecular weight is 245 g/mol. The number of nitrogens with two attached hydrogens (primary N) is 1. The Kier molecular flexibility index (Phi) is 3.64. The fourth-order valence-corrected chi connectivity index (χ4v) is 1.67. The molecule has 0 fully saturated rings. The smallest absolute Gasteiger partial charge is 0.268 e. The van der Waals surface area contributed by atoms with Crippen LogP contribution >= 0.6 is 0 Å². The molecule has 0 saturated heterocycles. The van der Waals surface area contributed by atoms with Crippen molar-refractivity contribution in [2.45, 2.75) is 6.54 Å². The van der Waals surface area contributed by atoms with E-state index < -0.39 is 0 Å². The molecule has 0 atom stereocenters. The van der Waals surface area contributed by atoms with Crippen molar-refractivity contribution in [1.82, 2.24) is 5.43 Å². The number of nitrogens with one attached hydrogen (secondary N) is 1. The van der Waals surface area contributed by atoms with E-state index in [1.165, 1.54) is 6.26 Å². The first kappa shape index (κ1) is 12.2. The fraction of sp³-hybridized carbons (Fsp3) is 0.154. The number of furan rings is 1. The third-order valence-electron chi connectivity index (χ3n) is 2.64. The van der Waals surface area contributed by atoms with E-state index in [9.17, 15) is 4.79 Å². The number of carbonyl (C=O) groups excluding carboxylic acids is 1. The fourth-order valence-electron chi connectivity index (χ4n) is 1.67. The number of hydrazine groups is 1. The van der Waals surface area contributed by atoms with Crippen LogP contribution in [0.5, 0.6) is 0 Å². The van der Waals surface area contributed by atoms with Gasteiger partial charge in [-0.1, -0.05) is 18.2 Å². The van der Waals surface area contributed by atoms with E-state index in [4.69, 9.17) is 10.3 Å². The van der Waals surface area contributed by atoms with Gasteiger partial charge in [-0.3, -0.25) is 10.2 Å². The number of hydrogen-bond acceptors (Lipinski definition) is 4. The van der Waals surface area contributed by atoms with E-state index in [0.717, 1.165) is 5.69 Å². The van der Waals surface area contributed by atoms with E-state index in [2.05, 4.69) is 5.43 Å². The quantitative estimate of drug-likeness (QED) is 0.486. The molecule has 0 aliphatic rings. The summed E-state index contributed by atoms with van der Waals surface area (Å²) in [7, 11) is 1.96. The van der Waals surface area contributed by atoms with Crippen molar-refractivity contribution < 1.29 is 9.21 Å². The van der Waals surface area contributed by atoms with Crippen LogP contribution in [0.1, 0.15) is 16.1 Å². The lowest BCUT2D eigenvalue weighted by Gasteiger charge is -2.17. The standard InChI is InChI=1S/C13H15N3O2/c1-16(11-5-3-2-4-6-11)8-12-7-10(9-18-12)13(17)15-14/h2-7,9H,8,14H2,1H3,(H,15,17). The van der Waals surface area contributed by atoms with Gasteiger partial charge < -0.3 is 9.32 Å². The van der Waals surface area contributed by atoms with Gasteiger partial charge in [0.2, 0.25) is 0 Å². The van der Waals surface area contributed by atoms with Crippen LogP contribution in [0.25, 0.3) is 0 Å². The summed E-state index contributed by atoms with van der Waals surface area (Å²) in [5.41, 5.74) is 3.57. The lowest BCUT2D eigenvalue weighted by molar-refractivity contribution is 0.0953. The molecule has 1 amide bonds. The zero-order valence-corrected chi connectivity index (χ0v) is 10.1. The molecule has 0 aliphatic heterocycles. The van der Waals surface area contributed by atoms with Gasteiger partial charge in [0, 0.05) is 12.7 Å². The molecular formula is C13H15N3O2. The Morgan fingerprint density at radius 2 is 2.11 bits per heavy atom. The Morgan fingerprint density at radius 3 is 2.78 bits per heavy atom. The lowest BCUT2D eigenvalue weighted by atomic mass is 10.2. The first-order chi connectivity index (χ1) is 8.70. The van der Waals surface area contributed by atoms with Crippen molar-refractivity contribution in [2.24, 2.45) is 5.84 Å². The summed E-state index contributed by atoms with van der Waals surface area (Å²) in [4.78, 5) is 13.3. The van der Waals surface area contributed by atoms with E-state index in [1.54, 1.807) is 6.07 Å². The second kappa shape index (κ2) is 5.37. The Labute approximate surface area is 105 Å². The largest absolute Gasteiger partial charge is 0.467 e. The molecule has 0 radical (unpaired) electrons. The van der Waals surface area contributed by atoms with E-state index >= 15 is 0 Å². The number of benzene rings is 1. The summed E-state index contributed by atoms with van der Waals surface area (Å²) in [6.07, 6.45) is 1.40. The summed E-state index contributed by atoms with van der Waals surface area (Å²) >= 11 is 0. The van der Waals surface area contributed by atoms with Gasteiger partial charge in [-0.25, -0.2) is 5.84 Å². The number of anilines is 1. The molecule has 0 saturated carbocycles. The highest BCUT2D eigenvalue weighted by Crippen LogP contribution is 2.16. The molecule has 5 nitrogen and oxygen atoms in total. The summed E-state index contributed by atoms with van der Waals surface area (Å²) in [5.74, 6) is 5.41. The molecule has 0 unspecified atom stereocenters. The molecule has 1 aromatic heterocycles. The molecule has 1 heterocycles. The maximum Gasteiger partial charge on any atom is 0.268 e. The van der Waals surface area contributed by atoms with Crippen LogP contribution in [0.3, 0.4) is 0 Å². The normalized spacial score (nSPS) is 10.1. The summed E-state index contributed by atoms with van der Waals surface area (Å²) in [6.45, 7) is 0.585. The highest BCUT2D eigenvalue weighted by molar-refractivity contribution is 5.93. The zero-order valence-electron chi connectivity index (χ0n) is 10.1. The van der Waals surface area contributed by atoms with Crippen molar-refractivity contribution in [2.75, 3.05) is 11.9 Å². The van der Waals surface area contributed by atoms with Crippen molar-refractivity contribution in [3.05, 3.63) is 54.0 Å². The number of amides is 1. The van der Waals surface area contributed by atoms with Crippen LogP contribution in [-0.4, -0.2) is 13.0 Å². The molecule has 2 aromatic rings. The van der Waals surface area contributed by atoms with Gasteiger partial charge in [0.15, 0.2) is 0 Å². The molecule has 0 aliphatic carbocycles. The van der Waals surface area contributed by atoms with Crippen molar-refractivity contribution >= 4 is 11.6 Å². The minimum atomic E-state index is -0.354. The number of hydrogen-bond donors (Lipinski definition) is 2. The minimum absolute atomic E-state index is 0.354. The Balaban J connectivity index is 2.06. The molecule has 1 aromatic carbocycles. The Morgan fingerprint density at radius 1 is 1.39 bits per heavy atom. The van der Waals surface area contributed by atoms with Gasteiger partial charge in [0.1, 0.15) is 12.0 Å². The highest BCUT2D eigenvalue weighted by atomic mass is 16.3.